The van der Waals surface area contributed by atoms with E-state index >= 15 is 0 Å². The van der Waals surface area contributed by atoms with E-state index in [-0.39, 0.29) is 33.9 Å². The molecule has 0 saturated heterocycles. The summed E-state index contributed by atoms with van der Waals surface area (Å²) in [6.45, 7) is 3.29. The molecule has 0 aliphatic rings. The predicted octanol–water partition coefficient (Wildman–Crippen LogP) is 9.49. The van der Waals surface area contributed by atoms with Gasteiger partial charge in [-0.3, -0.25) is 14.2 Å². The van der Waals surface area contributed by atoms with Crippen molar-refractivity contribution in [1.82, 2.24) is 39.3 Å². The zero-order valence-corrected chi connectivity index (χ0v) is 39.5. The fourth-order valence-electron chi connectivity index (χ4n) is 6.54. The van der Waals surface area contributed by atoms with E-state index in [4.69, 9.17) is 14.6 Å². The van der Waals surface area contributed by atoms with Crippen LogP contribution in [0.5, 0.6) is 11.5 Å². The Hall–Kier alpha value is -6.52. The van der Waals surface area contributed by atoms with Gasteiger partial charge in [-0.05, 0) is 101 Å². The Morgan fingerprint density at radius 1 is 0.638 bits per heavy atom. The van der Waals surface area contributed by atoms with Crippen molar-refractivity contribution in [2.45, 2.75) is 38.3 Å². The fraction of sp³-hybridized carbons (Fsp3) is 0.292. The van der Waals surface area contributed by atoms with E-state index in [1.54, 1.807) is 30.9 Å². The normalized spacial score (nSPS) is 11.7. The van der Waals surface area contributed by atoms with Crippen LogP contribution in [0.2, 0.25) is 0 Å². The lowest BCUT2D eigenvalue weighted by Gasteiger charge is -2.10. The van der Waals surface area contributed by atoms with Crippen LogP contribution >= 0.6 is 22.7 Å². The molecule has 4 aromatic heterocycles. The number of H-pyrrole nitrogens is 1. The molecule has 0 aliphatic heterocycles. The summed E-state index contributed by atoms with van der Waals surface area (Å²) in [6, 6.07) is 21.4. The molecule has 0 atom stereocenters. The number of nitrogens with zero attached hydrogens (tertiary/aromatic N) is 7. The highest BCUT2D eigenvalue weighted by Crippen LogP contribution is 2.33. The molecule has 0 radical (unpaired) electrons. The average molecular weight is 995 g/mol. The van der Waals surface area contributed by atoms with E-state index in [1.165, 1.54) is 16.7 Å². The minimum Gasteiger partial charge on any atom is -0.490 e. The first-order valence-corrected chi connectivity index (χ1v) is 22.9. The molecule has 21 heteroatoms. The average Bonchev–Trinajstić information content (AvgIpc) is 3.86. The van der Waals surface area contributed by atoms with E-state index in [0.29, 0.717) is 45.8 Å². The number of aliphatic hydroxyl groups excluding tert-OH is 1. The third-order valence-electron chi connectivity index (χ3n) is 9.93. The van der Waals surface area contributed by atoms with Crippen LogP contribution in [-0.4, -0.2) is 98.9 Å². The van der Waals surface area contributed by atoms with Crippen molar-refractivity contribution in [3.63, 3.8) is 0 Å². The molecule has 0 unspecified atom stereocenters. The lowest BCUT2D eigenvalue weighted by Crippen LogP contribution is -2.15. The summed E-state index contributed by atoms with van der Waals surface area (Å²) in [7, 11) is 8.09. The second-order valence-corrected chi connectivity index (χ2v) is 17.9. The molecule has 4 heterocycles. The Balaban J connectivity index is 0.000000189. The summed E-state index contributed by atoms with van der Waals surface area (Å²) in [5.74, 6) is 2.38. The van der Waals surface area contributed by atoms with Crippen LogP contribution in [0, 0.1) is 0 Å². The molecule has 69 heavy (non-hydrogen) atoms. The van der Waals surface area contributed by atoms with E-state index in [0.717, 1.165) is 95.1 Å². The molecular formula is C48H48F6N8O5S2. The number of aromatic nitrogens is 6. The predicted molar refractivity (Wildman–Crippen MR) is 256 cm³/mol. The van der Waals surface area contributed by atoms with Gasteiger partial charge in [0.1, 0.15) is 0 Å². The van der Waals surface area contributed by atoms with Gasteiger partial charge in [0.15, 0.2) is 23.1 Å². The molecular weight excluding hydrogens is 947 g/mol. The summed E-state index contributed by atoms with van der Waals surface area (Å²) < 4.78 is 89.8. The Morgan fingerprint density at radius 3 is 1.64 bits per heavy atom. The lowest BCUT2D eigenvalue weighted by atomic mass is 10.1. The van der Waals surface area contributed by atoms with Crippen LogP contribution in [0.1, 0.15) is 35.1 Å². The topological polar surface area (TPSA) is 152 Å². The Labute approximate surface area is 400 Å². The van der Waals surface area contributed by atoms with E-state index in [9.17, 15) is 35.9 Å². The number of nitrogens with one attached hydrogen (secondary N) is 1. The lowest BCUT2D eigenvalue weighted by molar-refractivity contribution is -0.138. The number of aromatic amines is 1. The second kappa shape index (κ2) is 23.7. The van der Waals surface area contributed by atoms with Gasteiger partial charge in [0.05, 0.1) is 82.7 Å². The standard InChI is InChI=1S/C24H23F3N4O2S.C16H21N3O2.C8H4F3NOS/c1-30(2)9-4-10-33-19-13-28-22(29-14-19)17-6-3-5-16(11-17)15-31-20-12-18(24(25,26)27)7-8-21(20)34-23(31)32;1-19(2)7-4-8-21-15-10-17-16(18-11-15)14-6-3-5-13(9-14)12-20;9-8(10,11)4-1-2-6-5(3-4)12-7(13)14-6/h3,5-8,11-14H,4,9-10,15H2,1-2H3;3,5-6,9-11,20H,4,7-8,12H2,1-2H3;1-3H,(H,12,13). The molecule has 8 rings (SSSR count). The first-order chi connectivity index (χ1) is 32.9. The molecule has 364 valence electrons. The van der Waals surface area contributed by atoms with Gasteiger partial charge in [-0.15, -0.1) is 0 Å². The molecule has 0 fully saturated rings. The van der Waals surface area contributed by atoms with Gasteiger partial charge in [0.25, 0.3) is 0 Å². The molecule has 0 spiro atoms. The fourth-order valence-corrected chi connectivity index (χ4v) is 8.13. The number of thiazole rings is 2. The Bertz CT molecular complexity index is 3030. The number of fused-ring (bicyclic) bond motifs is 2. The van der Waals surface area contributed by atoms with Crippen LogP contribution in [-0.2, 0) is 25.5 Å². The van der Waals surface area contributed by atoms with Gasteiger partial charge in [-0.1, -0.05) is 59.1 Å². The van der Waals surface area contributed by atoms with Gasteiger partial charge in [0.2, 0.25) is 0 Å². The van der Waals surface area contributed by atoms with Gasteiger partial charge < -0.3 is 29.4 Å². The minimum absolute atomic E-state index is 0.0148. The number of halogens is 6. The maximum atomic E-state index is 13.2. The maximum absolute atomic E-state index is 13.2. The maximum Gasteiger partial charge on any atom is 0.416 e. The second-order valence-electron chi connectivity index (χ2n) is 15.9. The Kier molecular flexibility index (Phi) is 17.8. The van der Waals surface area contributed by atoms with Crippen molar-refractivity contribution in [1.29, 1.82) is 0 Å². The van der Waals surface area contributed by atoms with Gasteiger partial charge >= 0.3 is 22.1 Å². The van der Waals surface area contributed by atoms with Crippen LogP contribution in [0.25, 0.3) is 43.2 Å². The number of benzene rings is 4. The van der Waals surface area contributed by atoms with Crippen LogP contribution in [0.3, 0.4) is 0 Å². The summed E-state index contributed by atoms with van der Waals surface area (Å²) in [4.78, 5) is 46.6. The van der Waals surface area contributed by atoms with E-state index in [1.807, 2.05) is 70.7 Å². The van der Waals surface area contributed by atoms with E-state index in [2.05, 4.69) is 34.7 Å². The highest BCUT2D eigenvalue weighted by Gasteiger charge is 2.32. The molecule has 0 saturated carbocycles. The molecule has 2 N–H and O–H groups in total. The van der Waals surface area contributed by atoms with Gasteiger partial charge in [0, 0.05) is 24.2 Å². The smallest absolute Gasteiger partial charge is 0.416 e. The molecule has 13 nitrogen and oxygen atoms in total. The summed E-state index contributed by atoms with van der Waals surface area (Å²) in [5, 5.41) is 9.15. The third kappa shape index (κ3) is 15.2. The molecule has 4 aromatic carbocycles. The summed E-state index contributed by atoms with van der Waals surface area (Å²) >= 11 is 1.82. The van der Waals surface area contributed by atoms with Crippen molar-refractivity contribution < 1.29 is 40.9 Å². The number of hydrogen-bond acceptors (Lipinski definition) is 13. The Morgan fingerprint density at radius 2 is 1.13 bits per heavy atom. The number of ether oxygens (including phenoxy) is 2. The van der Waals surface area contributed by atoms with Crippen molar-refractivity contribution in [3.05, 3.63) is 151 Å². The summed E-state index contributed by atoms with van der Waals surface area (Å²) in [6.07, 6.45) is -0.400. The molecule has 0 amide bonds. The van der Waals surface area contributed by atoms with Crippen LogP contribution in [0.15, 0.2) is 119 Å². The number of rotatable bonds is 15. The first kappa shape index (κ1) is 51.9. The zero-order valence-electron chi connectivity index (χ0n) is 37.8. The van der Waals surface area contributed by atoms with E-state index < -0.39 is 23.5 Å². The number of aliphatic hydroxyl groups is 1. The quantitative estimate of drug-likeness (QED) is 0.0747. The molecule has 0 aliphatic carbocycles. The summed E-state index contributed by atoms with van der Waals surface area (Å²) in [5.41, 5.74) is 2.19. The SMILES string of the molecule is CN(C)CCCOc1cnc(-c2cccc(CO)c2)nc1.CN(C)CCCOc1cnc(-c2cccc(Cn3c(=O)sc4ccc(C(F)(F)F)cc43)c2)nc1.O=c1[nH]c2cc(C(F)(F)F)ccc2s1. The van der Waals surface area contributed by atoms with Crippen molar-refractivity contribution in [2.75, 3.05) is 54.5 Å². The number of alkyl halides is 6. The highest BCUT2D eigenvalue weighted by molar-refractivity contribution is 7.16. The highest BCUT2D eigenvalue weighted by atomic mass is 32.1. The van der Waals surface area contributed by atoms with Gasteiger partial charge in [-0.2, -0.15) is 26.3 Å². The van der Waals surface area contributed by atoms with Crippen LogP contribution in [0.4, 0.5) is 26.3 Å². The molecule has 8 aromatic rings. The molecule has 0 bridgehead atoms. The van der Waals surface area contributed by atoms with Gasteiger partial charge in [-0.25, -0.2) is 19.9 Å². The monoisotopic (exact) mass is 994 g/mol. The zero-order chi connectivity index (χ0) is 49.7. The minimum atomic E-state index is -4.48. The van der Waals surface area contributed by atoms with Crippen molar-refractivity contribution in [3.8, 4) is 34.3 Å². The van der Waals surface area contributed by atoms with Crippen molar-refractivity contribution >= 4 is 43.1 Å². The third-order valence-corrected chi connectivity index (χ3v) is 11.8. The largest absolute Gasteiger partial charge is 0.490 e. The van der Waals surface area contributed by atoms with Crippen molar-refractivity contribution in [2.24, 2.45) is 0 Å². The van der Waals surface area contributed by atoms with Crippen LogP contribution < -0.4 is 19.2 Å². The number of hydrogen-bond donors (Lipinski definition) is 2. The first-order valence-electron chi connectivity index (χ1n) is 21.3.